The first-order valence-corrected chi connectivity index (χ1v) is 11.9. The molecule has 1 rings (SSSR count). The molecule has 1 heterocycles. The Morgan fingerprint density at radius 3 is 2.09 bits per heavy atom. The standard InChI is InChI=1S/C23H38N4O8/c1-6-13(4)19(23(34)35)26-20(31)16-8-7-11-27(16)22(33)15(9-10-17(29)30)25-21(32)18(12(2)3)24-14(5)28/h12-13,15-16,18-19H,6-11H2,1-5H3,(H,24,28)(H,25,32)(H,26,31)(H,29,30)(H,34,35)/t13-,15-,16-,18-,19-/m0/s1. The molecule has 0 bridgehead atoms. The number of carbonyl (C=O) groups is 6. The molecule has 0 aromatic carbocycles. The van der Waals surface area contributed by atoms with E-state index in [0.717, 1.165) is 0 Å². The summed E-state index contributed by atoms with van der Waals surface area (Å²) < 4.78 is 0. The van der Waals surface area contributed by atoms with Crippen molar-refractivity contribution < 1.29 is 39.0 Å². The van der Waals surface area contributed by atoms with Crippen LogP contribution in [0.1, 0.15) is 66.7 Å². The first-order chi connectivity index (χ1) is 16.3. The molecule has 1 fully saturated rings. The Morgan fingerprint density at radius 2 is 1.60 bits per heavy atom. The van der Waals surface area contributed by atoms with E-state index in [4.69, 9.17) is 5.11 Å². The van der Waals surface area contributed by atoms with Gasteiger partial charge in [0.05, 0.1) is 0 Å². The average Bonchev–Trinajstić information content (AvgIpc) is 3.26. The quantitative estimate of drug-likeness (QED) is 0.237. The number of carboxylic acid groups (broad SMARTS) is 2. The van der Waals surface area contributed by atoms with Gasteiger partial charge < -0.3 is 31.1 Å². The number of amides is 4. The van der Waals surface area contributed by atoms with Crippen LogP contribution in [0.3, 0.4) is 0 Å². The van der Waals surface area contributed by atoms with Crippen molar-refractivity contribution in [3.8, 4) is 0 Å². The van der Waals surface area contributed by atoms with Crippen molar-refractivity contribution in [1.29, 1.82) is 0 Å². The molecule has 12 nitrogen and oxygen atoms in total. The maximum Gasteiger partial charge on any atom is 0.326 e. The van der Waals surface area contributed by atoms with Gasteiger partial charge in [0.1, 0.15) is 24.2 Å². The molecule has 12 heteroatoms. The number of likely N-dealkylation sites (tertiary alicyclic amines) is 1. The molecule has 0 unspecified atom stereocenters. The van der Waals surface area contributed by atoms with Gasteiger partial charge in [-0.1, -0.05) is 34.1 Å². The highest BCUT2D eigenvalue weighted by Gasteiger charge is 2.40. The molecule has 0 aromatic rings. The minimum absolute atomic E-state index is 0.205. The van der Waals surface area contributed by atoms with Crippen LogP contribution in [0.5, 0.6) is 0 Å². The Balaban J connectivity index is 3.09. The molecule has 0 saturated carbocycles. The van der Waals surface area contributed by atoms with Crippen molar-refractivity contribution in [2.75, 3.05) is 6.54 Å². The van der Waals surface area contributed by atoms with Crippen LogP contribution in [0, 0.1) is 11.8 Å². The molecular weight excluding hydrogens is 460 g/mol. The minimum atomic E-state index is -1.23. The Bertz CT molecular complexity index is 815. The lowest BCUT2D eigenvalue weighted by atomic mass is 9.98. The number of nitrogens with one attached hydrogen (secondary N) is 3. The lowest BCUT2D eigenvalue weighted by molar-refractivity contribution is -0.146. The molecule has 0 aromatic heterocycles. The fourth-order valence-corrected chi connectivity index (χ4v) is 3.98. The Labute approximate surface area is 205 Å². The van der Waals surface area contributed by atoms with E-state index in [1.54, 1.807) is 27.7 Å². The summed E-state index contributed by atoms with van der Waals surface area (Å²) in [5.41, 5.74) is 0. The highest BCUT2D eigenvalue weighted by molar-refractivity contribution is 5.95. The van der Waals surface area contributed by atoms with Gasteiger partial charge >= 0.3 is 11.9 Å². The summed E-state index contributed by atoms with van der Waals surface area (Å²) in [7, 11) is 0. The summed E-state index contributed by atoms with van der Waals surface area (Å²) in [5.74, 6) is -5.26. The van der Waals surface area contributed by atoms with Crippen LogP contribution < -0.4 is 16.0 Å². The molecule has 198 valence electrons. The SMILES string of the molecule is CC[C@H](C)[C@H](NC(=O)[C@@H]1CCCN1C(=O)[C@H](CCC(=O)O)NC(=O)[C@@H](NC(C)=O)C(C)C)C(=O)O. The van der Waals surface area contributed by atoms with E-state index in [-0.39, 0.29) is 24.8 Å². The van der Waals surface area contributed by atoms with E-state index in [1.165, 1.54) is 11.8 Å². The van der Waals surface area contributed by atoms with Gasteiger partial charge in [0.15, 0.2) is 0 Å². The average molecular weight is 499 g/mol. The molecule has 5 atom stereocenters. The topological polar surface area (TPSA) is 182 Å². The molecule has 0 spiro atoms. The lowest BCUT2D eigenvalue weighted by Crippen LogP contribution is -2.58. The van der Waals surface area contributed by atoms with Gasteiger partial charge in [0, 0.05) is 19.9 Å². The summed E-state index contributed by atoms with van der Waals surface area (Å²) >= 11 is 0. The Kier molecular flexibility index (Phi) is 11.6. The van der Waals surface area contributed by atoms with Crippen molar-refractivity contribution in [2.45, 2.75) is 90.9 Å². The largest absolute Gasteiger partial charge is 0.481 e. The summed E-state index contributed by atoms with van der Waals surface area (Å²) in [6, 6.07) is -4.21. The van der Waals surface area contributed by atoms with Gasteiger partial charge in [-0.05, 0) is 31.1 Å². The minimum Gasteiger partial charge on any atom is -0.481 e. The fraction of sp³-hybridized carbons (Fsp3) is 0.739. The number of hydrogen-bond donors (Lipinski definition) is 5. The molecule has 0 radical (unpaired) electrons. The number of carboxylic acids is 2. The summed E-state index contributed by atoms with van der Waals surface area (Å²) in [6.07, 6.45) is 0.720. The van der Waals surface area contributed by atoms with E-state index in [1.807, 2.05) is 0 Å². The molecule has 1 aliphatic heterocycles. The number of nitrogens with zero attached hydrogens (tertiary/aromatic N) is 1. The van der Waals surface area contributed by atoms with Gasteiger partial charge in [0.25, 0.3) is 0 Å². The van der Waals surface area contributed by atoms with Crippen molar-refractivity contribution in [3.63, 3.8) is 0 Å². The molecule has 1 saturated heterocycles. The maximum atomic E-state index is 13.4. The highest BCUT2D eigenvalue weighted by atomic mass is 16.4. The zero-order chi connectivity index (χ0) is 26.9. The van der Waals surface area contributed by atoms with Gasteiger partial charge in [-0.25, -0.2) is 4.79 Å². The third-order valence-electron chi connectivity index (χ3n) is 6.18. The molecule has 0 aliphatic carbocycles. The normalized spacial score (nSPS) is 18.8. The summed E-state index contributed by atoms with van der Waals surface area (Å²) in [5, 5.41) is 26.2. The van der Waals surface area contributed by atoms with Gasteiger partial charge in [-0.3, -0.25) is 24.0 Å². The smallest absolute Gasteiger partial charge is 0.326 e. The summed E-state index contributed by atoms with van der Waals surface area (Å²) in [6.45, 7) is 8.40. The second kappa shape index (κ2) is 13.6. The maximum absolute atomic E-state index is 13.4. The van der Waals surface area contributed by atoms with E-state index in [2.05, 4.69) is 16.0 Å². The second-order valence-corrected chi connectivity index (χ2v) is 9.32. The number of hydrogen-bond acceptors (Lipinski definition) is 6. The van der Waals surface area contributed by atoms with Gasteiger partial charge in [0.2, 0.25) is 23.6 Å². The van der Waals surface area contributed by atoms with Crippen molar-refractivity contribution in [2.24, 2.45) is 11.8 Å². The predicted molar refractivity (Wildman–Crippen MR) is 125 cm³/mol. The fourth-order valence-electron chi connectivity index (χ4n) is 3.98. The Hall–Kier alpha value is -3.18. The van der Waals surface area contributed by atoms with Crippen molar-refractivity contribution >= 4 is 35.6 Å². The number of carbonyl (C=O) groups excluding carboxylic acids is 4. The van der Waals surface area contributed by atoms with Crippen LogP contribution >= 0.6 is 0 Å². The van der Waals surface area contributed by atoms with E-state index >= 15 is 0 Å². The van der Waals surface area contributed by atoms with E-state index in [9.17, 15) is 33.9 Å². The first-order valence-electron chi connectivity index (χ1n) is 11.9. The van der Waals surface area contributed by atoms with E-state index < -0.39 is 66.2 Å². The number of rotatable bonds is 13. The first kappa shape index (κ1) is 29.9. The van der Waals surface area contributed by atoms with Crippen LogP contribution in [0.25, 0.3) is 0 Å². The van der Waals surface area contributed by atoms with E-state index in [0.29, 0.717) is 19.3 Å². The zero-order valence-electron chi connectivity index (χ0n) is 21.0. The monoisotopic (exact) mass is 498 g/mol. The third-order valence-corrected chi connectivity index (χ3v) is 6.18. The molecule has 1 aliphatic rings. The van der Waals surface area contributed by atoms with Crippen molar-refractivity contribution in [1.82, 2.24) is 20.9 Å². The molecule has 5 N–H and O–H groups in total. The second-order valence-electron chi connectivity index (χ2n) is 9.32. The molecular formula is C23H38N4O8. The van der Waals surface area contributed by atoms with Crippen LogP contribution in [0.4, 0.5) is 0 Å². The van der Waals surface area contributed by atoms with Crippen LogP contribution in [-0.4, -0.2) is 81.4 Å². The molecule has 35 heavy (non-hydrogen) atoms. The van der Waals surface area contributed by atoms with Crippen LogP contribution in [0.15, 0.2) is 0 Å². The molecule has 4 amide bonds. The van der Waals surface area contributed by atoms with Gasteiger partial charge in [-0.15, -0.1) is 0 Å². The van der Waals surface area contributed by atoms with Gasteiger partial charge in [-0.2, -0.15) is 0 Å². The Morgan fingerprint density at radius 1 is 0.971 bits per heavy atom. The van der Waals surface area contributed by atoms with Crippen molar-refractivity contribution in [3.05, 3.63) is 0 Å². The van der Waals surface area contributed by atoms with Crippen LogP contribution in [-0.2, 0) is 28.8 Å². The predicted octanol–water partition coefficient (Wildman–Crippen LogP) is 0.103. The summed E-state index contributed by atoms with van der Waals surface area (Å²) in [4.78, 5) is 74.7. The number of aliphatic carboxylic acids is 2. The zero-order valence-corrected chi connectivity index (χ0v) is 21.0. The lowest BCUT2D eigenvalue weighted by Gasteiger charge is -2.31. The highest BCUT2D eigenvalue weighted by Crippen LogP contribution is 2.21. The third kappa shape index (κ3) is 8.84. The van der Waals surface area contributed by atoms with Crippen LogP contribution in [0.2, 0.25) is 0 Å².